The van der Waals surface area contributed by atoms with Crippen LogP contribution in [0.2, 0.25) is 0 Å². The van der Waals surface area contributed by atoms with Gasteiger partial charge in [-0.25, -0.2) is 4.79 Å². The van der Waals surface area contributed by atoms with Crippen molar-refractivity contribution in [3.63, 3.8) is 0 Å². The second-order valence-corrected chi connectivity index (χ2v) is 4.83. The molecule has 0 aliphatic heterocycles. The van der Waals surface area contributed by atoms with Gasteiger partial charge in [-0.15, -0.1) is 0 Å². The number of nitrogens with two attached hydrogens (primary N) is 1. The van der Waals surface area contributed by atoms with E-state index < -0.39 is 5.97 Å². The zero-order valence-electron chi connectivity index (χ0n) is 9.94. The van der Waals surface area contributed by atoms with Crippen molar-refractivity contribution in [3.8, 4) is 0 Å². The van der Waals surface area contributed by atoms with Gasteiger partial charge in [-0.3, -0.25) is 0 Å². The minimum absolute atomic E-state index is 0.279. The number of nitrogen functional groups attached to an aromatic ring is 1. The summed E-state index contributed by atoms with van der Waals surface area (Å²) in [6.07, 6.45) is 3.69. The molecule has 17 heavy (non-hydrogen) atoms. The molecule has 2 rings (SSSR count). The van der Waals surface area contributed by atoms with E-state index >= 15 is 0 Å². The molecule has 1 fully saturated rings. The molecule has 4 heteroatoms. The molecule has 0 radical (unpaired) electrons. The van der Waals surface area contributed by atoms with E-state index in [-0.39, 0.29) is 11.6 Å². The molecular weight excluding hydrogens is 216 g/mol. The quantitative estimate of drug-likeness (QED) is 0.684. The number of hydrogen-bond donors (Lipinski definition) is 3. The maximum Gasteiger partial charge on any atom is 0.337 e. The third-order valence-electron chi connectivity index (χ3n) is 3.06. The summed E-state index contributed by atoms with van der Waals surface area (Å²) in [5.74, 6) is -0.113. The first-order valence-electron chi connectivity index (χ1n) is 5.95. The highest BCUT2D eigenvalue weighted by Crippen LogP contribution is 2.34. The van der Waals surface area contributed by atoms with Crippen LogP contribution in [0.5, 0.6) is 0 Å². The maximum absolute atomic E-state index is 11.1. The lowest BCUT2D eigenvalue weighted by Gasteiger charge is -2.17. The standard InChI is InChI=1S/C13H18N2O2/c1-8(6-9-2-3-9)15-12-7-10(14)4-5-11(12)13(16)17/h4-5,7-9,15H,2-3,6,14H2,1H3,(H,16,17). The lowest BCUT2D eigenvalue weighted by atomic mass is 10.1. The Hall–Kier alpha value is -1.71. The fourth-order valence-corrected chi connectivity index (χ4v) is 2.05. The van der Waals surface area contributed by atoms with Gasteiger partial charge in [0.05, 0.1) is 11.3 Å². The van der Waals surface area contributed by atoms with Gasteiger partial charge in [-0.1, -0.05) is 12.8 Å². The van der Waals surface area contributed by atoms with Gasteiger partial charge >= 0.3 is 5.97 Å². The van der Waals surface area contributed by atoms with Gasteiger partial charge in [0, 0.05) is 11.7 Å². The predicted molar refractivity (Wildman–Crippen MR) is 68.2 cm³/mol. The Kier molecular flexibility index (Phi) is 3.22. The van der Waals surface area contributed by atoms with Crippen molar-refractivity contribution in [2.24, 2.45) is 5.92 Å². The zero-order valence-corrected chi connectivity index (χ0v) is 9.94. The summed E-state index contributed by atoms with van der Waals surface area (Å²) in [5, 5.41) is 12.3. The van der Waals surface area contributed by atoms with Gasteiger partial charge < -0.3 is 16.2 Å². The molecule has 1 aromatic rings. The Morgan fingerprint density at radius 3 is 2.88 bits per heavy atom. The van der Waals surface area contributed by atoms with Gasteiger partial charge in [0.2, 0.25) is 0 Å². The number of nitrogens with one attached hydrogen (secondary N) is 1. The van der Waals surface area contributed by atoms with E-state index in [1.54, 1.807) is 18.2 Å². The Labute approximate surface area is 101 Å². The van der Waals surface area contributed by atoms with Crippen LogP contribution >= 0.6 is 0 Å². The van der Waals surface area contributed by atoms with Gasteiger partial charge in [0.15, 0.2) is 0 Å². The smallest absolute Gasteiger partial charge is 0.337 e. The highest BCUT2D eigenvalue weighted by Gasteiger charge is 2.24. The number of aromatic carboxylic acids is 1. The summed E-state index contributed by atoms with van der Waals surface area (Å²) in [5.41, 5.74) is 7.16. The molecule has 1 aliphatic carbocycles. The molecule has 0 spiro atoms. The Morgan fingerprint density at radius 2 is 2.29 bits per heavy atom. The van der Waals surface area contributed by atoms with E-state index in [1.807, 2.05) is 0 Å². The van der Waals surface area contributed by atoms with E-state index in [4.69, 9.17) is 10.8 Å². The van der Waals surface area contributed by atoms with Crippen molar-refractivity contribution in [2.75, 3.05) is 11.1 Å². The SMILES string of the molecule is CC(CC1CC1)Nc1cc(N)ccc1C(=O)O. The lowest BCUT2D eigenvalue weighted by molar-refractivity contribution is 0.0698. The number of rotatable bonds is 5. The number of hydrogen-bond acceptors (Lipinski definition) is 3. The molecular formula is C13H18N2O2. The first kappa shape index (κ1) is 11.8. The monoisotopic (exact) mass is 234 g/mol. The topological polar surface area (TPSA) is 75.3 Å². The summed E-state index contributed by atoms with van der Waals surface area (Å²) in [7, 11) is 0. The number of carbonyl (C=O) groups is 1. The van der Waals surface area contributed by atoms with Crippen LogP contribution in [0.25, 0.3) is 0 Å². The van der Waals surface area contributed by atoms with Gasteiger partial charge in [0.25, 0.3) is 0 Å². The van der Waals surface area contributed by atoms with Crippen molar-refractivity contribution >= 4 is 17.3 Å². The van der Waals surface area contributed by atoms with Crippen molar-refractivity contribution in [1.82, 2.24) is 0 Å². The fourth-order valence-electron chi connectivity index (χ4n) is 2.05. The highest BCUT2D eigenvalue weighted by molar-refractivity contribution is 5.95. The number of carboxylic acids is 1. The van der Waals surface area contributed by atoms with Crippen LogP contribution in [0.4, 0.5) is 11.4 Å². The predicted octanol–water partition coefficient (Wildman–Crippen LogP) is 2.57. The van der Waals surface area contributed by atoms with E-state index in [0.717, 1.165) is 12.3 Å². The minimum Gasteiger partial charge on any atom is -0.478 e. The third-order valence-corrected chi connectivity index (χ3v) is 3.06. The van der Waals surface area contributed by atoms with Crippen LogP contribution in [-0.4, -0.2) is 17.1 Å². The van der Waals surface area contributed by atoms with Crippen LogP contribution in [0, 0.1) is 5.92 Å². The van der Waals surface area contributed by atoms with Crippen molar-refractivity contribution < 1.29 is 9.90 Å². The molecule has 1 aliphatic rings. The second kappa shape index (κ2) is 4.65. The van der Waals surface area contributed by atoms with Crippen molar-refractivity contribution in [2.45, 2.75) is 32.2 Å². The molecule has 0 aromatic heterocycles. The fraction of sp³-hybridized carbons (Fsp3) is 0.462. The van der Waals surface area contributed by atoms with Crippen LogP contribution in [-0.2, 0) is 0 Å². The molecule has 1 saturated carbocycles. The van der Waals surface area contributed by atoms with Crippen LogP contribution in [0.1, 0.15) is 36.5 Å². The van der Waals surface area contributed by atoms with Crippen LogP contribution in [0.3, 0.4) is 0 Å². The van der Waals surface area contributed by atoms with E-state index in [0.29, 0.717) is 11.4 Å². The number of anilines is 2. The van der Waals surface area contributed by atoms with Crippen molar-refractivity contribution in [3.05, 3.63) is 23.8 Å². The summed E-state index contributed by atoms with van der Waals surface area (Å²) in [6, 6.07) is 5.12. The summed E-state index contributed by atoms with van der Waals surface area (Å²) in [4.78, 5) is 11.1. The second-order valence-electron chi connectivity index (χ2n) is 4.83. The van der Waals surface area contributed by atoms with E-state index in [2.05, 4.69) is 12.2 Å². The molecule has 1 aromatic carbocycles. The molecule has 4 nitrogen and oxygen atoms in total. The molecule has 4 N–H and O–H groups in total. The Bertz CT molecular complexity index is 427. The number of benzene rings is 1. The van der Waals surface area contributed by atoms with E-state index in [1.165, 1.54) is 12.8 Å². The molecule has 0 heterocycles. The summed E-state index contributed by atoms with van der Waals surface area (Å²) < 4.78 is 0. The average molecular weight is 234 g/mol. The normalized spacial score (nSPS) is 16.5. The molecule has 1 atom stereocenters. The van der Waals surface area contributed by atoms with Crippen LogP contribution < -0.4 is 11.1 Å². The third kappa shape index (κ3) is 3.12. The molecule has 1 unspecified atom stereocenters. The molecule has 0 amide bonds. The molecule has 92 valence electrons. The molecule has 0 saturated heterocycles. The largest absolute Gasteiger partial charge is 0.478 e. The van der Waals surface area contributed by atoms with Gasteiger partial charge in [0.1, 0.15) is 0 Å². The van der Waals surface area contributed by atoms with Crippen molar-refractivity contribution in [1.29, 1.82) is 0 Å². The first-order valence-corrected chi connectivity index (χ1v) is 5.95. The van der Waals surface area contributed by atoms with Gasteiger partial charge in [-0.2, -0.15) is 0 Å². The van der Waals surface area contributed by atoms with E-state index in [9.17, 15) is 4.79 Å². The molecule has 0 bridgehead atoms. The average Bonchev–Trinajstić information content (AvgIpc) is 3.00. The van der Waals surface area contributed by atoms with Crippen LogP contribution in [0.15, 0.2) is 18.2 Å². The number of carboxylic acid groups (broad SMARTS) is 1. The minimum atomic E-state index is -0.925. The van der Waals surface area contributed by atoms with Gasteiger partial charge in [-0.05, 0) is 37.5 Å². The zero-order chi connectivity index (χ0) is 12.4. The maximum atomic E-state index is 11.1. The highest BCUT2D eigenvalue weighted by atomic mass is 16.4. The summed E-state index contributed by atoms with van der Waals surface area (Å²) >= 11 is 0. The summed E-state index contributed by atoms with van der Waals surface area (Å²) in [6.45, 7) is 2.08. The lowest BCUT2D eigenvalue weighted by Crippen LogP contribution is -2.18. The Balaban J connectivity index is 2.11. The Morgan fingerprint density at radius 1 is 1.59 bits per heavy atom. The first-order chi connectivity index (χ1) is 8.06.